The highest BCUT2D eigenvalue weighted by Crippen LogP contribution is 2.40. The van der Waals surface area contributed by atoms with Crippen LogP contribution in [0.1, 0.15) is 21.7 Å². The van der Waals surface area contributed by atoms with Gasteiger partial charge >= 0.3 is 5.63 Å². The summed E-state index contributed by atoms with van der Waals surface area (Å²) in [4.78, 5) is 23.8. The van der Waals surface area contributed by atoms with Crippen molar-refractivity contribution in [2.75, 3.05) is 6.79 Å². The Morgan fingerprint density at radius 3 is 2.83 bits per heavy atom. The molecule has 1 aliphatic heterocycles. The molecular weight excluding hydrogens is 324 g/mol. The van der Waals surface area contributed by atoms with Gasteiger partial charge in [0, 0.05) is 6.07 Å². The molecule has 2 heterocycles. The topological polar surface area (TPSA) is 86.0 Å². The number of ether oxygens (including phenoxy) is 2. The summed E-state index contributed by atoms with van der Waals surface area (Å²) in [6.45, 7) is 1.58. The first-order valence-corrected chi connectivity index (χ1v) is 6.99. The molecule has 7 heteroatoms. The van der Waals surface area contributed by atoms with E-state index in [4.69, 9.17) is 25.5 Å². The number of carbonyl (C=O) groups excluding carboxylic acids is 1. The van der Waals surface area contributed by atoms with Crippen molar-refractivity contribution in [2.45, 2.75) is 6.92 Å². The Hall–Kier alpha value is -2.73. The molecule has 0 amide bonds. The standard InChI is InChI=1S/C16H11ClO6/c1-8-4-12(19)14(16(20)23-8)11(18)3-2-9-5-10(17)15-13(6-9)21-7-22-15/h2-6,19H,7H2,1H3/b3-2+. The van der Waals surface area contributed by atoms with Gasteiger partial charge in [-0.2, -0.15) is 0 Å². The summed E-state index contributed by atoms with van der Waals surface area (Å²) in [6.07, 6.45) is 2.60. The summed E-state index contributed by atoms with van der Waals surface area (Å²) < 4.78 is 15.2. The van der Waals surface area contributed by atoms with Crippen molar-refractivity contribution in [3.05, 3.63) is 56.6 Å². The Bertz CT molecular complexity index is 881. The summed E-state index contributed by atoms with van der Waals surface area (Å²) in [5.41, 5.74) is -0.719. The van der Waals surface area contributed by atoms with Gasteiger partial charge in [0.25, 0.3) is 0 Å². The number of rotatable bonds is 3. The van der Waals surface area contributed by atoms with Gasteiger partial charge < -0.3 is 19.0 Å². The van der Waals surface area contributed by atoms with Crippen LogP contribution in [0.2, 0.25) is 5.02 Å². The van der Waals surface area contributed by atoms with Crippen LogP contribution in [0.3, 0.4) is 0 Å². The number of aryl methyl sites for hydroxylation is 1. The average molecular weight is 335 g/mol. The molecule has 1 aliphatic rings. The fourth-order valence-electron chi connectivity index (χ4n) is 2.16. The van der Waals surface area contributed by atoms with Crippen molar-refractivity contribution in [3.63, 3.8) is 0 Å². The Morgan fingerprint density at radius 1 is 1.30 bits per heavy atom. The molecule has 0 aliphatic carbocycles. The molecule has 0 fully saturated rings. The zero-order chi connectivity index (χ0) is 16.6. The van der Waals surface area contributed by atoms with Crippen LogP contribution in [0.5, 0.6) is 17.2 Å². The molecule has 1 N–H and O–H groups in total. The highest BCUT2D eigenvalue weighted by atomic mass is 35.5. The Balaban J connectivity index is 1.91. The second-order valence-corrected chi connectivity index (χ2v) is 5.25. The molecule has 0 saturated carbocycles. The van der Waals surface area contributed by atoms with Gasteiger partial charge in [-0.05, 0) is 30.7 Å². The van der Waals surface area contributed by atoms with Crippen LogP contribution < -0.4 is 15.1 Å². The van der Waals surface area contributed by atoms with Gasteiger partial charge in [-0.3, -0.25) is 4.79 Å². The number of benzene rings is 1. The molecule has 0 bridgehead atoms. The second kappa shape index (κ2) is 5.81. The molecular formula is C16H11ClO6. The molecule has 6 nitrogen and oxygen atoms in total. The molecule has 1 aromatic carbocycles. The van der Waals surface area contributed by atoms with Gasteiger partial charge in [-0.25, -0.2) is 4.79 Å². The van der Waals surface area contributed by atoms with Gasteiger partial charge in [0.1, 0.15) is 17.1 Å². The fraction of sp³-hybridized carbons (Fsp3) is 0.125. The van der Waals surface area contributed by atoms with Crippen LogP contribution in [-0.2, 0) is 0 Å². The molecule has 0 saturated heterocycles. The quantitative estimate of drug-likeness (QED) is 0.686. The lowest BCUT2D eigenvalue weighted by Gasteiger charge is -2.02. The van der Waals surface area contributed by atoms with Crippen LogP contribution in [0.15, 0.2) is 33.5 Å². The normalized spacial score (nSPS) is 12.8. The summed E-state index contributed by atoms with van der Waals surface area (Å²) in [5, 5.41) is 10.1. The fourth-order valence-corrected chi connectivity index (χ4v) is 2.44. The minimum atomic E-state index is -0.888. The van der Waals surface area contributed by atoms with E-state index >= 15 is 0 Å². The summed E-state index contributed by atoms with van der Waals surface area (Å²) in [7, 11) is 0. The van der Waals surface area contributed by atoms with Gasteiger partial charge in [0.05, 0.1) is 5.02 Å². The first kappa shape index (κ1) is 15.2. The maximum absolute atomic E-state index is 12.1. The van der Waals surface area contributed by atoms with Crippen molar-refractivity contribution in [1.29, 1.82) is 0 Å². The third-order valence-corrected chi connectivity index (χ3v) is 3.46. The number of halogens is 1. The zero-order valence-corrected chi connectivity index (χ0v) is 12.7. The highest BCUT2D eigenvalue weighted by Gasteiger charge is 2.18. The summed E-state index contributed by atoms with van der Waals surface area (Å²) in [6, 6.07) is 4.45. The zero-order valence-electron chi connectivity index (χ0n) is 12.0. The second-order valence-electron chi connectivity index (χ2n) is 4.84. The van der Waals surface area contributed by atoms with Crippen molar-refractivity contribution in [2.24, 2.45) is 0 Å². The monoisotopic (exact) mass is 334 g/mol. The van der Waals surface area contributed by atoms with E-state index in [2.05, 4.69) is 0 Å². The first-order chi connectivity index (χ1) is 11.0. The summed E-state index contributed by atoms with van der Waals surface area (Å²) >= 11 is 6.05. The number of hydrogen-bond acceptors (Lipinski definition) is 6. The number of ketones is 1. The van der Waals surface area contributed by atoms with Crippen LogP contribution in [-0.4, -0.2) is 17.7 Å². The predicted octanol–water partition coefficient (Wildman–Crippen LogP) is 2.93. The van der Waals surface area contributed by atoms with Crippen molar-refractivity contribution in [1.82, 2.24) is 0 Å². The van der Waals surface area contributed by atoms with E-state index in [9.17, 15) is 14.7 Å². The third kappa shape index (κ3) is 2.93. The van der Waals surface area contributed by atoms with Crippen LogP contribution in [0.25, 0.3) is 6.08 Å². The number of fused-ring (bicyclic) bond motifs is 1. The van der Waals surface area contributed by atoms with Crippen molar-refractivity contribution >= 4 is 23.5 Å². The van der Waals surface area contributed by atoms with E-state index in [1.54, 1.807) is 12.1 Å². The molecule has 0 spiro atoms. The largest absolute Gasteiger partial charge is 0.507 e. The Labute approximate surface area is 135 Å². The van der Waals surface area contributed by atoms with Crippen LogP contribution in [0, 0.1) is 6.92 Å². The smallest absolute Gasteiger partial charge is 0.351 e. The van der Waals surface area contributed by atoms with E-state index < -0.39 is 22.7 Å². The van der Waals surface area contributed by atoms with Crippen LogP contribution >= 0.6 is 11.6 Å². The van der Waals surface area contributed by atoms with E-state index in [1.807, 2.05) is 0 Å². The Kier molecular flexibility index (Phi) is 3.83. The maximum atomic E-state index is 12.1. The van der Waals surface area contributed by atoms with E-state index in [-0.39, 0.29) is 12.6 Å². The molecule has 23 heavy (non-hydrogen) atoms. The number of allylic oxidation sites excluding steroid dienone is 1. The highest BCUT2D eigenvalue weighted by molar-refractivity contribution is 6.32. The van der Waals surface area contributed by atoms with Gasteiger partial charge in [-0.15, -0.1) is 0 Å². The van der Waals surface area contributed by atoms with E-state index in [0.717, 1.165) is 6.08 Å². The van der Waals surface area contributed by atoms with Gasteiger partial charge in [0.15, 0.2) is 17.3 Å². The molecule has 0 atom stereocenters. The molecule has 2 aromatic rings. The van der Waals surface area contributed by atoms with Crippen molar-refractivity contribution < 1.29 is 23.8 Å². The van der Waals surface area contributed by atoms with E-state index in [0.29, 0.717) is 22.1 Å². The third-order valence-electron chi connectivity index (χ3n) is 3.18. The predicted molar refractivity (Wildman–Crippen MR) is 82.3 cm³/mol. The van der Waals surface area contributed by atoms with Crippen molar-refractivity contribution in [3.8, 4) is 17.2 Å². The lowest BCUT2D eigenvalue weighted by atomic mass is 10.1. The van der Waals surface area contributed by atoms with Crippen LogP contribution in [0.4, 0.5) is 0 Å². The maximum Gasteiger partial charge on any atom is 0.351 e. The molecule has 3 rings (SSSR count). The van der Waals surface area contributed by atoms with E-state index in [1.165, 1.54) is 19.1 Å². The van der Waals surface area contributed by atoms with Gasteiger partial charge in [-0.1, -0.05) is 17.7 Å². The molecule has 0 unspecified atom stereocenters. The van der Waals surface area contributed by atoms with Gasteiger partial charge in [0.2, 0.25) is 6.79 Å². The average Bonchev–Trinajstić information content (AvgIpc) is 2.93. The molecule has 0 radical (unpaired) electrons. The molecule has 118 valence electrons. The minimum absolute atomic E-state index is 0.0828. The number of hydrogen-bond donors (Lipinski definition) is 1. The lowest BCUT2D eigenvalue weighted by Crippen LogP contribution is -2.12. The number of carbonyl (C=O) groups is 1. The number of aromatic hydroxyl groups is 1. The summed E-state index contributed by atoms with van der Waals surface area (Å²) in [5.74, 6) is 0.0482. The minimum Gasteiger partial charge on any atom is -0.507 e. The first-order valence-electron chi connectivity index (χ1n) is 6.61. The lowest BCUT2D eigenvalue weighted by molar-refractivity contribution is 0.104. The SMILES string of the molecule is Cc1cc(O)c(C(=O)/C=C/c2cc(Cl)c3c(c2)OCO3)c(=O)o1. The molecule has 1 aromatic heterocycles. The Morgan fingerprint density at radius 2 is 2.09 bits per heavy atom.